The molecular weight excluding hydrogens is 651 g/mol. The van der Waals surface area contributed by atoms with Crippen LogP contribution >= 0.6 is 11.3 Å². The van der Waals surface area contributed by atoms with Crippen molar-refractivity contribution in [2.75, 3.05) is 0 Å². The van der Waals surface area contributed by atoms with Gasteiger partial charge >= 0.3 is 0 Å². The fraction of sp³-hybridized carbons (Fsp3) is 0. The summed E-state index contributed by atoms with van der Waals surface area (Å²) in [6.45, 7) is 0. The number of hydrogen-bond acceptors (Lipinski definition) is 1. The largest absolute Gasteiger partial charge is 0.309 e. The zero-order chi connectivity index (χ0) is 33.8. The molecule has 0 aliphatic heterocycles. The fourth-order valence-corrected chi connectivity index (χ4v) is 14.5. The molecule has 8 aromatic carbocycles. The molecule has 3 heteroatoms. The van der Waals surface area contributed by atoms with Crippen molar-refractivity contribution in [1.82, 2.24) is 4.57 Å². The highest BCUT2D eigenvalue weighted by Crippen LogP contribution is 2.37. The molecule has 0 fully saturated rings. The topological polar surface area (TPSA) is 4.93 Å². The van der Waals surface area contributed by atoms with Crippen LogP contribution in [-0.4, -0.2) is 12.6 Å². The first-order valence-corrected chi connectivity index (χ1v) is 20.3. The third kappa shape index (κ3) is 4.66. The summed E-state index contributed by atoms with van der Waals surface area (Å²) in [4.78, 5) is 0. The lowest BCUT2D eigenvalue weighted by molar-refractivity contribution is 1.18. The molecule has 0 bridgehead atoms. The van der Waals surface area contributed by atoms with Crippen LogP contribution in [-0.2, 0) is 0 Å². The predicted molar refractivity (Wildman–Crippen MR) is 223 cm³/mol. The molecule has 0 amide bonds. The van der Waals surface area contributed by atoms with E-state index in [1.54, 1.807) is 0 Å². The molecule has 0 saturated carbocycles. The van der Waals surface area contributed by atoms with Gasteiger partial charge in [0.15, 0.2) is 8.07 Å². The summed E-state index contributed by atoms with van der Waals surface area (Å²) in [7, 11) is -2.92. The second kappa shape index (κ2) is 12.1. The Hall–Kier alpha value is -6.00. The number of aromatic nitrogens is 1. The first kappa shape index (κ1) is 29.9. The monoisotopic (exact) mass is 683 g/mol. The Morgan fingerprint density at radius 1 is 0.373 bits per heavy atom. The molecule has 0 aliphatic carbocycles. The Kier molecular flexibility index (Phi) is 7.09. The van der Waals surface area contributed by atoms with Gasteiger partial charge in [0.25, 0.3) is 0 Å². The van der Waals surface area contributed by atoms with Crippen molar-refractivity contribution >= 4 is 82.1 Å². The minimum atomic E-state index is -2.92. The number of fused-ring (bicyclic) bond motifs is 6. The van der Waals surface area contributed by atoms with E-state index in [1.807, 2.05) is 11.3 Å². The molecule has 0 N–H and O–H groups in total. The lowest BCUT2D eigenvalue weighted by atomic mass is 10.0. The Morgan fingerprint density at radius 2 is 0.941 bits per heavy atom. The van der Waals surface area contributed by atoms with Crippen molar-refractivity contribution in [2.45, 2.75) is 0 Å². The summed E-state index contributed by atoms with van der Waals surface area (Å²) in [5.74, 6) is 0. The predicted octanol–water partition coefficient (Wildman–Crippen LogP) is 10.2. The van der Waals surface area contributed by atoms with Gasteiger partial charge in [-0.2, -0.15) is 0 Å². The first-order chi connectivity index (χ1) is 25.3. The normalized spacial score (nSPS) is 11.9. The van der Waals surface area contributed by atoms with E-state index in [9.17, 15) is 0 Å². The van der Waals surface area contributed by atoms with Crippen LogP contribution in [0.15, 0.2) is 200 Å². The molecule has 0 unspecified atom stereocenters. The number of hydrogen-bond donors (Lipinski definition) is 0. The molecule has 1 nitrogen and oxygen atoms in total. The van der Waals surface area contributed by atoms with Gasteiger partial charge in [0.2, 0.25) is 0 Å². The highest BCUT2D eigenvalue weighted by atomic mass is 32.1. The third-order valence-corrected chi connectivity index (χ3v) is 16.5. The molecule has 2 aromatic heterocycles. The van der Waals surface area contributed by atoms with Gasteiger partial charge in [0.1, 0.15) is 0 Å². The van der Waals surface area contributed by atoms with Crippen molar-refractivity contribution in [3.8, 4) is 16.8 Å². The van der Waals surface area contributed by atoms with E-state index >= 15 is 0 Å². The highest BCUT2D eigenvalue weighted by molar-refractivity contribution is 7.25. The summed E-state index contributed by atoms with van der Waals surface area (Å²) < 4.78 is 5.10. The van der Waals surface area contributed by atoms with Gasteiger partial charge in [0.05, 0.1) is 11.0 Å². The molecule has 0 saturated heterocycles. The number of benzene rings is 8. The van der Waals surface area contributed by atoms with E-state index in [0.717, 1.165) is 0 Å². The van der Waals surface area contributed by atoms with Gasteiger partial charge in [-0.3, -0.25) is 0 Å². The number of para-hydroxylation sites is 2. The van der Waals surface area contributed by atoms with Crippen molar-refractivity contribution < 1.29 is 0 Å². The molecule has 240 valence electrons. The minimum absolute atomic E-state index is 1.17. The average Bonchev–Trinajstić information content (AvgIpc) is 3.75. The Balaban J connectivity index is 1.30. The molecular formula is C48H33NSSi. The molecule has 0 aliphatic rings. The molecule has 10 aromatic rings. The Morgan fingerprint density at radius 3 is 1.71 bits per heavy atom. The summed E-state index contributed by atoms with van der Waals surface area (Å²) in [6, 6.07) is 74.6. The van der Waals surface area contributed by atoms with Gasteiger partial charge in [0, 0.05) is 36.6 Å². The quantitative estimate of drug-likeness (QED) is 0.121. The zero-order valence-electron chi connectivity index (χ0n) is 27.9. The van der Waals surface area contributed by atoms with E-state index < -0.39 is 8.07 Å². The summed E-state index contributed by atoms with van der Waals surface area (Å²) in [5.41, 5.74) is 6.12. The van der Waals surface area contributed by atoms with Crippen LogP contribution in [0.5, 0.6) is 0 Å². The molecule has 2 heterocycles. The van der Waals surface area contributed by atoms with E-state index in [1.165, 1.54) is 79.5 Å². The van der Waals surface area contributed by atoms with Crippen LogP contribution in [0, 0.1) is 0 Å². The maximum Gasteiger partial charge on any atom is 0.180 e. The minimum Gasteiger partial charge on any atom is -0.309 e. The van der Waals surface area contributed by atoms with Crippen LogP contribution < -0.4 is 20.7 Å². The lowest BCUT2D eigenvalue weighted by Gasteiger charge is -2.35. The maximum atomic E-state index is 2.50. The summed E-state index contributed by atoms with van der Waals surface area (Å²) in [5, 5.41) is 10.8. The molecule has 0 radical (unpaired) electrons. The van der Waals surface area contributed by atoms with Crippen molar-refractivity contribution in [1.29, 1.82) is 0 Å². The summed E-state index contributed by atoms with van der Waals surface area (Å²) in [6.07, 6.45) is 0. The van der Waals surface area contributed by atoms with Crippen molar-refractivity contribution in [2.24, 2.45) is 0 Å². The number of nitrogens with zero attached hydrogens (tertiary/aromatic N) is 1. The van der Waals surface area contributed by atoms with Gasteiger partial charge in [-0.05, 0) is 68.3 Å². The van der Waals surface area contributed by atoms with Gasteiger partial charge in [-0.15, -0.1) is 11.3 Å². The first-order valence-electron chi connectivity index (χ1n) is 17.5. The van der Waals surface area contributed by atoms with Crippen LogP contribution in [0.25, 0.3) is 58.8 Å². The van der Waals surface area contributed by atoms with Gasteiger partial charge in [-0.25, -0.2) is 0 Å². The molecule has 10 rings (SSSR count). The number of thiophene rings is 1. The smallest absolute Gasteiger partial charge is 0.180 e. The lowest BCUT2D eigenvalue weighted by Crippen LogP contribution is -2.74. The second-order valence-corrected chi connectivity index (χ2v) is 18.1. The fourth-order valence-electron chi connectivity index (χ4n) is 8.37. The standard InChI is InChI=1S/C48H33NSSi/c1-4-17-36(18-5-1)49-43-26-12-10-25-42(43)48-44(49)27-15-29-47(48)51(37-19-6-2-7-20-37,38-21-8-3-9-22-38)39-23-14-16-34(32-39)35-30-31-41-40-24-11-13-28-45(40)50-46(41)33-35/h1-33H. The van der Waals surface area contributed by atoms with Crippen LogP contribution in [0.4, 0.5) is 0 Å². The van der Waals surface area contributed by atoms with E-state index in [4.69, 9.17) is 0 Å². The highest BCUT2D eigenvalue weighted by Gasteiger charge is 2.43. The zero-order valence-corrected chi connectivity index (χ0v) is 29.7. The van der Waals surface area contributed by atoms with Crippen molar-refractivity contribution in [3.05, 3.63) is 200 Å². The van der Waals surface area contributed by atoms with E-state index in [2.05, 4.69) is 205 Å². The maximum absolute atomic E-state index is 2.92. The number of rotatable bonds is 6. The van der Waals surface area contributed by atoms with Gasteiger partial charge < -0.3 is 4.57 Å². The van der Waals surface area contributed by atoms with Crippen LogP contribution in [0.3, 0.4) is 0 Å². The van der Waals surface area contributed by atoms with E-state index in [-0.39, 0.29) is 0 Å². The molecule has 0 atom stereocenters. The Bertz CT molecular complexity index is 2810. The van der Waals surface area contributed by atoms with Gasteiger partial charge in [-0.1, -0.05) is 164 Å². The molecule has 51 heavy (non-hydrogen) atoms. The Labute approximate surface area is 302 Å². The van der Waals surface area contributed by atoms with Crippen LogP contribution in [0.1, 0.15) is 0 Å². The average molecular weight is 684 g/mol. The second-order valence-electron chi connectivity index (χ2n) is 13.3. The summed E-state index contributed by atoms with van der Waals surface area (Å²) >= 11 is 1.88. The molecule has 0 spiro atoms. The van der Waals surface area contributed by atoms with E-state index in [0.29, 0.717) is 0 Å². The van der Waals surface area contributed by atoms with Crippen molar-refractivity contribution in [3.63, 3.8) is 0 Å². The third-order valence-electron chi connectivity index (χ3n) is 10.5. The SMILES string of the molecule is c1ccc(-n2c3ccccc3c3c([Si](c4ccccc4)(c4ccccc4)c4cccc(-c5ccc6c(c5)sc5ccccc56)c4)cccc32)cc1. The van der Waals surface area contributed by atoms with Crippen LogP contribution in [0.2, 0.25) is 0 Å².